The minimum absolute atomic E-state index is 0.777. The van der Waals surface area contributed by atoms with E-state index in [1.807, 2.05) is 13.8 Å². The monoisotopic (exact) mass is 191 g/mol. The van der Waals surface area contributed by atoms with Crippen LogP contribution >= 0.6 is 0 Å². The normalized spacial score (nSPS) is 10.7. The Kier molecular flexibility index (Phi) is 2.30. The minimum atomic E-state index is 0.777. The van der Waals surface area contributed by atoms with Crippen molar-refractivity contribution in [2.75, 3.05) is 0 Å². The molecule has 2 aromatic rings. The maximum Gasteiger partial charge on any atom is 0.137 e. The van der Waals surface area contributed by atoms with Crippen molar-refractivity contribution in [1.29, 1.82) is 0 Å². The highest BCUT2D eigenvalue weighted by molar-refractivity contribution is 5.20. The Hall–Kier alpha value is -1.65. The van der Waals surface area contributed by atoms with Gasteiger partial charge in [-0.1, -0.05) is 10.4 Å². The van der Waals surface area contributed by atoms with Crippen molar-refractivity contribution in [3.8, 4) is 0 Å². The van der Waals surface area contributed by atoms with Gasteiger partial charge in [-0.05, 0) is 20.3 Å². The fraction of sp³-hybridized carbons (Fsp3) is 0.444. The molecule has 0 saturated carbocycles. The van der Waals surface area contributed by atoms with E-state index in [-0.39, 0.29) is 0 Å². The van der Waals surface area contributed by atoms with E-state index in [0.29, 0.717) is 0 Å². The van der Waals surface area contributed by atoms with E-state index < -0.39 is 0 Å². The van der Waals surface area contributed by atoms with Gasteiger partial charge in [0.25, 0.3) is 0 Å². The Balaban J connectivity index is 2.05. The van der Waals surface area contributed by atoms with Crippen molar-refractivity contribution in [3.63, 3.8) is 0 Å². The van der Waals surface area contributed by atoms with Gasteiger partial charge < -0.3 is 4.52 Å². The summed E-state index contributed by atoms with van der Waals surface area (Å²) in [4.78, 5) is 0. The molecule has 0 aliphatic carbocycles. The van der Waals surface area contributed by atoms with Crippen LogP contribution in [0.1, 0.15) is 17.0 Å². The van der Waals surface area contributed by atoms with Gasteiger partial charge in [0.2, 0.25) is 0 Å². The Morgan fingerprint density at radius 1 is 1.50 bits per heavy atom. The maximum absolute atomic E-state index is 5.06. The van der Waals surface area contributed by atoms with Gasteiger partial charge in [0.05, 0.1) is 11.9 Å². The van der Waals surface area contributed by atoms with Crippen LogP contribution in [-0.4, -0.2) is 20.2 Å². The number of aromatic nitrogens is 4. The van der Waals surface area contributed by atoms with Crippen molar-refractivity contribution < 1.29 is 4.52 Å². The molecule has 5 nitrogen and oxygen atoms in total. The zero-order chi connectivity index (χ0) is 9.97. The quantitative estimate of drug-likeness (QED) is 0.724. The maximum atomic E-state index is 5.06. The van der Waals surface area contributed by atoms with Crippen LogP contribution < -0.4 is 0 Å². The molecular weight excluding hydrogens is 180 g/mol. The summed E-state index contributed by atoms with van der Waals surface area (Å²) in [6.45, 7) is 4.64. The van der Waals surface area contributed by atoms with Gasteiger partial charge in [-0.25, -0.2) is 0 Å². The number of hydrogen-bond donors (Lipinski definition) is 0. The Labute approximate surface area is 81.7 Å². The lowest BCUT2D eigenvalue weighted by Gasteiger charge is -1.99. The first-order valence-corrected chi connectivity index (χ1v) is 4.45. The van der Waals surface area contributed by atoms with Crippen LogP contribution in [0.15, 0.2) is 10.7 Å². The average Bonchev–Trinajstić information content (AvgIpc) is 2.76. The molecule has 0 aliphatic rings. The molecule has 2 aromatic heterocycles. The lowest BCUT2D eigenvalue weighted by atomic mass is 10.1. The summed E-state index contributed by atoms with van der Waals surface area (Å²) in [5.74, 6) is 0.881. The highest BCUT2D eigenvalue weighted by Crippen LogP contribution is 2.13. The summed E-state index contributed by atoms with van der Waals surface area (Å²) in [7, 11) is 0. The Morgan fingerprint density at radius 2 is 2.36 bits per heavy atom. The summed E-state index contributed by atoms with van der Waals surface area (Å²) in [5, 5.41) is 11.3. The molecule has 2 rings (SSSR count). The summed E-state index contributed by atoms with van der Waals surface area (Å²) in [6.07, 6.45) is 5.23. The lowest BCUT2D eigenvalue weighted by Crippen LogP contribution is -2.03. The fourth-order valence-electron chi connectivity index (χ4n) is 1.40. The highest BCUT2D eigenvalue weighted by atomic mass is 16.5. The zero-order valence-electron chi connectivity index (χ0n) is 8.19. The van der Waals surface area contributed by atoms with Crippen molar-refractivity contribution in [2.45, 2.75) is 26.8 Å². The third-order valence-corrected chi connectivity index (χ3v) is 2.20. The van der Waals surface area contributed by atoms with Gasteiger partial charge in [0.1, 0.15) is 12.0 Å². The topological polar surface area (TPSA) is 56.7 Å². The molecular formula is C9H11N4O. The van der Waals surface area contributed by atoms with Crippen molar-refractivity contribution >= 4 is 0 Å². The largest absolute Gasteiger partial charge is 0.361 e. The standard InChI is InChI=1S/C9H11N4O/c1-7-9(8(2)14-11-7)3-5-13-6-4-10-12-13/h6H,3,5H2,1-2H3. The van der Waals surface area contributed by atoms with Gasteiger partial charge >= 0.3 is 0 Å². The van der Waals surface area contributed by atoms with E-state index in [1.54, 1.807) is 10.9 Å². The molecule has 0 aromatic carbocycles. The fourth-order valence-corrected chi connectivity index (χ4v) is 1.40. The molecule has 0 N–H and O–H groups in total. The smallest absolute Gasteiger partial charge is 0.137 e. The molecule has 14 heavy (non-hydrogen) atoms. The van der Waals surface area contributed by atoms with E-state index in [1.165, 1.54) is 0 Å². The van der Waals surface area contributed by atoms with Crippen LogP contribution in [0.2, 0.25) is 0 Å². The molecule has 5 heteroatoms. The predicted octanol–water partition coefficient (Wildman–Crippen LogP) is 0.926. The lowest BCUT2D eigenvalue weighted by molar-refractivity contribution is 0.392. The molecule has 73 valence electrons. The van der Waals surface area contributed by atoms with Crippen LogP contribution in [0, 0.1) is 20.0 Å². The van der Waals surface area contributed by atoms with Crippen LogP contribution in [0.25, 0.3) is 0 Å². The average molecular weight is 191 g/mol. The minimum Gasteiger partial charge on any atom is -0.361 e. The van der Waals surface area contributed by atoms with Gasteiger partial charge in [0.15, 0.2) is 0 Å². The number of rotatable bonds is 3. The third kappa shape index (κ3) is 1.66. The highest BCUT2D eigenvalue weighted by Gasteiger charge is 2.08. The number of aryl methyl sites for hydroxylation is 3. The Morgan fingerprint density at radius 3 is 2.93 bits per heavy atom. The van der Waals surface area contributed by atoms with E-state index in [4.69, 9.17) is 4.52 Å². The molecule has 0 saturated heterocycles. The second kappa shape index (κ2) is 3.61. The van der Waals surface area contributed by atoms with Gasteiger partial charge in [-0.3, -0.25) is 4.68 Å². The third-order valence-electron chi connectivity index (χ3n) is 2.20. The summed E-state index contributed by atoms with van der Waals surface area (Å²) in [6, 6.07) is 0. The molecule has 2 heterocycles. The van der Waals surface area contributed by atoms with Crippen LogP contribution in [0.5, 0.6) is 0 Å². The summed E-state index contributed by atoms with van der Waals surface area (Å²) in [5.41, 5.74) is 2.10. The van der Waals surface area contributed by atoms with Gasteiger partial charge in [0, 0.05) is 12.1 Å². The van der Waals surface area contributed by atoms with Crippen LogP contribution in [-0.2, 0) is 13.0 Å². The second-order valence-corrected chi connectivity index (χ2v) is 3.16. The van der Waals surface area contributed by atoms with E-state index in [9.17, 15) is 0 Å². The van der Waals surface area contributed by atoms with Crippen molar-refractivity contribution in [2.24, 2.45) is 0 Å². The Bertz CT molecular complexity index is 385. The van der Waals surface area contributed by atoms with E-state index in [0.717, 1.165) is 30.0 Å². The predicted molar refractivity (Wildman–Crippen MR) is 48.5 cm³/mol. The first-order valence-electron chi connectivity index (χ1n) is 4.45. The van der Waals surface area contributed by atoms with E-state index in [2.05, 4.69) is 21.7 Å². The van der Waals surface area contributed by atoms with Crippen LogP contribution in [0.4, 0.5) is 0 Å². The van der Waals surface area contributed by atoms with Crippen molar-refractivity contribution in [3.05, 3.63) is 29.4 Å². The molecule has 0 aliphatic heterocycles. The zero-order valence-corrected chi connectivity index (χ0v) is 8.19. The van der Waals surface area contributed by atoms with Crippen molar-refractivity contribution in [1.82, 2.24) is 20.2 Å². The van der Waals surface area contributed by atoms with Gasteiger partial charge in [-0.2, -0.15) is 0 Å². The summed E-state index contributed by atoms with van der Waals surface area (Å²) >= 11 is 0. The molecule has 0 amide bonds. The molecule has 0 spiro atoms. The molecule has 0 fully saturated rings. The first kappa shape index (κ1) is 8.93. The van der Waals surface area contributed by atoms with Crippen LogP contribution in [0.3, 0.4) is 0 Å². The second-order valence-electron chi connectivity index (χ2n) is 3.16. The molecule has 1 radical (unpaired) electrons. The SMILES string of the molecule is Cc1noc(C)c1CCn1c[c]nn1. The molecule has 0 unspecified atom stereocenters. The number of nitrogens with zero attached hydrogens (tertiary/aromatic N) is 4. The summed E-state index contributed by atoms with van der Waals surface area (Å²) < 4.78 is 6.80. The van der Waals surface area contributed by atoms with Gasteiger partial charge in [-0.15, -0.1) is 5.10 Å². The molecule has 0 bridgehead atoms. The van der Waals surface area contributed by atoms with E-state index >= 15 is 0 Å². The number of hydrogen-bond acceptors (Lipinski definition) is 4. The molecule has 0 atom stereocenters. The first-order chi connectivity index (χ1) is 6.77.